The van der Waals surface area contributed by atoms with Crippen LogP contribution in [0.4, 0.5) is 14.5 Å². The van der Waals surface area contributed by atoms with Gasteiger partial charge in [-0.25, -0.2) is 8.78 Å². The Bertz CT molecular complexity index is 759. The fourth-order valence-electron chi connectivity index (χ4n) is 1.98. The van der Waals surface area contributed by atoms with Crippen LogP contribution in [0.1, 0.15) is 10.4 Å². The molecule has 2 aromatic carbocycles. The minimum Gasteiger partial charge on any atom is -0.332 e. The molecule has 0 saturated carbocycles. The van der Waals surface area contributed by atoms with E-state index in [0.29, 0.717) is 0 Å². The van der Waals surface area contributed by atoms with Crippen molar-refractivity contribution in [1.29, 1.82) is 0 Å². The van der Waals surface area contributed by atoms with Gasteiger partial charge in [-0.2, -0.15) is 0 Å². The number of likely N-dealkylation sites (N-methyl/N-ethyl adjacent to an activating group) is 1. The van der Waals surface area contributed by atoms with Crippen molar-refractivity contribution in [1.82, 2.24) is 4.90 Å². The first kappa shape index (κ1) is 18.2. The fourth-order valence-corrected chi connectivity index (χ4v) is 2.47. The molecular weight excluding hydrogens is 361 g/mol. The summed E-state index contributed by atoms with van der Waals surface area (Å²) in [5.74, 6) is -3.56. The number of halogens is 4. The van der Waals surface area contributed by atoms with E-state index in [-0.39, 0.29) is 15.7 Å². The Labute approximate surface area is 147 Å². The zero-order valence-corrected chi connectivity index (χ0v) is 14.0. The van der Waals surface area contributed by atoms with E-state index in [1.165, 1.54) is 19.2 Å². The number of rotatable bonds is 4. The third-order valence-electron chi connectivity index (χ3n) is 3.13. The highest BCUT2D eigenvalue weighted by Gasteiger charge is 2.22. The molecule has 2 aromatic rings. The molecule has 0 bridgehead atoms. The molecule has 0 unspecified atom stereocenters. The molecule has 0 heterocycles. The molecule has 2 rings (SSSR count). The first-order valence-electron chi connectivity index (χ1n) is 6.74. The van der Waals surface area contributed by atoms with Crippen molar-refractivity contribution in [3.63, 3.8) is 0 Å². The molecule has 24 heavy (non-hydrogen) atoms. The van der Waals surface area contributed by atoms with Gasteiger partial charge in [-0.1, -0.05) is 35.3 Å². The van der Waals surface area contributed by atoms with E-state index in [4.69, 9.17) is 23.2 Å². The standard InChI is InChI=1S/C16H12Cl2F2N2O2/c1-22(16(24)14-11(19)6-3-7-12(14)20)8-13(23)21-15-9(17)4-2-5-10(15)18/h2-7H,8H2,1H3,(H,21,23). The molecule has 0 saturated heterocycles. The summed E-state index contributed by atoms with van der Waals surface area (Å²) < 4.78 is 27.3. The van der Waals surface area contributed by atoms with Crippen LogP contribution in [-0.4, -0.2) is 30.3 Å². The quantitative estimate of drug-likeness (QED) is 0.882. The number of nitrogens with one attached hydrogen (secondary N) is 1. The Morgan fingerprint density at radius 3 is 2.08 bits per heavy atom. The van der Waals surface area contributed by atoms with Gasteiger partial charge in [0.05, 0.1) is 22.3 Å². The van der Waals surface area contributed by atoms with Crippen LogP contribution in [0, 0.1) is 11.6 Å². The monoisotopic (exact) mass is 372 g/mol. The molecule has 1 N–H and O–H groups in total. The zero-order chi connectivity index (χ0) is 17.9. The van der Waals surface area contributed by atoms with Gasteiger partial charge in [-0.3, -0.25) is 9.59 Å². The fraction of sp³-hybridized carbons (Fsp3) is 0.125. The average Bonchev–Trinajstić information content (AvgIpc) is 2.50. The lowest BCUT2D eigenvalue weighted by Gasteiger charge is -2.18. The lowest BCUT2D eigenvalue weighted by Crippen LogP contribution is -2.35. The number of para-hydroxylation sites is 1. The molecular formula is C16H12Cl2F2N2O2. The van der Waals surface area contributed by atoms with Gasteiger partial charge in [0.1, 0.15) is 17.2 Å². The Morgan fingerprint density at radius 1 is 1.04 bits per heavy atom. The highest BCUT2D eigenvalue weighted by atomic mass is 35.5. The van der Waals surface area contributed by atoms with Crippen LogP contribution >= 0.6 is 23.2 Å². The van der Waals surface area contributed by atoms with Gasteiger partial charge in [-0.15, -0.1) is 0 Å². The van der Waals surface area contributed by atoms with Crippen LogP contribution in [0.2, 0.25) is 10.0 Å². The molecule has 4 nitrogen and oxygen atoms in total. The molecule has 0 aromatic heterocycles. The smallest absolute Gasteiger partial charge is 0.260 e. The van der Waals surface area contributed by atoms with Gasteiger partial charge < -0.3 is 10.2 Å². The Balaban J connectivity index is 2.10. The van der Waals surface area contributed by atoms with E-state index in [9.17, 15) is 18.4 Å². The van der Waals surface area contributed by atoms with Crippen molar-refractivity contribution in [3.8, 4) is 0 Å². The van der Waals surface area contributed by atoms with E-state index >= 15 is 0 Å². The predicted octanol–water partition coefficient (Wildman–Crippen LogP) is 3.98. The number of anilines is 1. The van der Waals surface area contributed by atoms with E-state index < -0.39 is 35.6 Å². The largest absolute Gasteiger partial charge is 0.332 e. The Morgan fingerprint density at radius 2 is 1.54 bits per heavy atom. The molecule has 126 valence electrons. The van der Waals surface area contributed by atoms with E-state index in [0.717, 1.165) is 23.1 Å². The van der Waals surface area contributed by atoms with Gasteiger partial charge in [-0.05, 0) is 24.3 Å². The van der Waals surface area contributed by atoms with Crippen molar-refractivity contribution >= 4 is 40.7 Å². The van der Waals surface area contributed by atoms with Crippen LogP contribution in [0.3, 0.4) is 0 Å². The maximum atomic E-state index is 13.6. The molecule has 0 aliphatic carbocycles. The molecule has 2 amide bonds. The van der Waals surface area contributed by atoms with E-state index in [1.807, 2.05) is 0 Å². The SMILES string of the molecule is CN(CC(=O)Nc1c(Cl)cccc1Cl)C(=O)c1c(F)cccc1F. The maximum absolute atomic E-state index is 13.6. The number of hydrogen-bond donors (Lipinski definition) is 1. The van der Waals surface area contributed by atoms with Crippen LogP contribution in [0.25, 0.3) is 0 Å². The molecule has 0 aliphatic rings. The Hall–Kier alpha value is -2.18. The van der Waals surface area contributed by atoms with Crippen molar-refractivity contribution in [2.24, 2.45) is 0 Å². The van der Waals surface area contributed by atoms with Gasteiger partial charge in [0.15, 0.2) is 0 Å². The molecule has 0 atom stereocenters. The molecule has 0 fully saturated rings. The van der Waals surface area contributed by atoms with Gasteiger partial charge in [0, 0.05) is 7.05 Å². The first-order chi connectivity index (χ1) is 11.3. The zero-order valence-electron chi connectivity index (χ0n) is 12.4. The minimum atomic E-state index is -0.999. The number of benzene rings is 2. The predicted molar refractivity (Wildman–Crippen MR) is 88.4 cm³/mol. The summed E-state index contributed by atoms with van der Waals surface area (Å²) in [5.41, 5.74) is -0.521. The van der Waals surface area contributed by atoms with Gasteiger partial charge in [0.25, 0.3) is 5.91 Å². The highest BCUT2D eigenvalue weighted by molar-refractivity contribution is 6.39. The van der Waals surface area contributed by atoms with Crippen LogP contribution in [0.15, 0.2) is 36.4 Å². The molecule has 0 spiro atoms. The van der Waals surface area contributed by atoms with Crippen LogP contribution in [-0.2, 0) is 4.79 Å². The highest BCUT2D eigenvalue weighted by Crippen LogP contribution is 2.29. The minimum absolute atomic E-state index is 0.198. The summed E-state index contributed by atoms with van der Waals surface area (Å²) in [6, 6.07) is 7.76. The second-order valence-electron chi connectivity index (χ2n) is 4.90. The summed E-state index contributed by atoms with van der Waals surface area (Å²) >= 11 is 11.9. The topological polar surface area (TPSA) is 49.4 Å². The number of hydrogen-bond acceptors (Lipinski definition) is 2. The molecule has 8 heteroatoms. The third-order valence-corrected chi connectivity index (χ3v) is 3.76. The summed E-state index contributed by atoms with van der Waals surface area (Å²) in [6.45, 7) is -0.436. The Kier molecular flexibility index (Phi) is 5.75. The summed E-state index contributed by atoms with van der Waals surface area (Å²) in [4.78, 5) is 25.0. The van der Waals surface area contributed by atoms with Crippen LogP contribution < -0.4 is 5.32 Å². The number of carbonyl (C=O) groups is 2. The van der Waals surface area contributed by atoms with Crippen molar-refractivity contribution in [3.05, 3.63) is 63.6 Å². The van der Waals surface area contributed by atoms with Crippen molar-refractivity contribution < 1.29 is 18.4 Å². The number of amides is 2. The summed E-state index contributed by atoms with van der Waals surface area (Å²) in [6.07, 6.45) is 0. The lowest BCUT2D eigenvalue weighted by molar-refractivity contribution is -0.116. The van der Waals surface area contributed by atoms with Crippen LogP contribution in [0.5, 0.6) is 0 Å². The average molecular weight is 373 g/mol. The van der Waals surface area contributed by atoms with E-state index in [2.05, 4.69) is 5.32 Å². The van der Waals surface area contributed by atoms with Crippen molar-refractivity contribution in [2.75, 3.05) is 18.9 Å². The van der Waals surface area contributed by atoms with Crippen molar-refractivity contribution in [2.45, 2.75) is 0 Å². The first-order valence-corrected chi connectivity index (χ1v) is 7.50. The second kappa shape index (κ2) is 7.59. The van der Waals surface area contributed by atoms with Gasteiger partial charge in [0.2, 0.25) is 5.91 Å². The lowest BCUT2D eigenvalue weighted by atomic mass is 10.1. The number of carbonyl (C=O) groups excluding carboxylic acids is 2. The maximum Gasteiger partial charge on any atom is 0.260 e. The van der Waals surface area contributed by atoms with E-state index in [1.54, 1.807) is 6.07 Å². The summed E-state index contributed by atoms with van der Waals surface area (Å²) in [7, 11) is 1.25. The van der Waals surface area contributed by atoms with Gasteiger partial charge >= 0.3 is 0 Å². The third kappa shape index (κ3) is 4.01. The normalized spacial score (nSPS) is 10.4. The summed E-state index contributed by atoms with van der Waals surface area (Å²) in [5, 5.41) is 2.91. The molecule has 0 aliphatic heterocycles. The second-order valence-corrected chi connectivity index (χ2v) is 5.72. The molecule has 0 radical (unpaired) electrons. The number of nitrogens with zero attached hydrogens (tertiary/aromatic N) is 1.